The first-order valence-electron chi connectivity index (χ1n) is 6.52. The Morgan fingerprint density at radius 1 is 1.32 bits per heavy atom. The van der Waals surface area contributed by atoms with Crippen LogP contribution in [0, 0.1) is 0 Å². The van der Waals surface area contributed by atoms with Gasteiger partial charge in [0.2, 0.25) is 0 Å². The van der Waals surface area contributed by atoms with Crippen LogP contribution in [0.2, 0.25) is 0 Å². The molecule has 0 N–H and O–H groups in total. The molecule has 1 heterocycles. The fourth-order valence-corrected chi connectivity index (χ4v) is 1.70. The average Bonchev–Trinajstić information content (AvgIpc) is 2.90. The summed E-state index contributed by atoms with van der Waals surface area (Å²) < 4.78 is 1.98. The number of hydrogen-bond acceptors (Lipinski definition) is 2. The Morgan fingerprint density at radius 3 is 2.63 bits per heavy atom. The highest BCUT2D eigenvalue weighted by molar-refractivity contribution is 5.80. The lowest BCUT2D eigenvalue weighted by atomic mass is 10.3. The third-order valence-corrected chi connectivity index (χ3v) is 2.59. The molecular weight excluding hydrogens is 234 g/mol. The van der Waals surface area contributed by atoms with Gasteiger partial charge in [0.25, 0.3) is 0 Å². The van der Waals surface area contributed by atoms with Crippen molar-refractivity contribution in [1.29, 1.82) is 0 Å². The van der Waals surface area contributed by atoms with E-state index in [4.69, 9.17) is 0 Å². The van der Waals surface area contributed by atoms with Crippen molar-refractivity contribution >= 4 is 23.1 Å². The maximum Gasteiger partial charge on any atom is 0.140 e. The molecule has 2 rings (SSSR count). The Balaban J connectivity index is 0.000000861. The lowest BCUT2D eigenvalue weighted by Gasteiger charge is -2.06. The fraction of sp³-hybridized carbons (Fsp3) is 0.250. The van der Waals surface area contributed by atoms with E-state index in [1.165, 1.54) is 0 Å². The predicted molar refractivity (Wildman–Crippen MR) is 84.3 cm³/mol. The monoisotopic (exact) mass is 255 g/mol. The van der Waals surface area contributed by atoms with Gasteiger partial charge in [0, 0.05) is 6.21 Å². The minimum absolute atomic E-state index is 0.858. The number of fused-ring (bicyclic) bond motifs is 1. The summed E-state index contributed by atoms with van der Waals surface area (Å²) in [6, 6.07) is 8.00. The van der Waals surface area contributed by atoms with Crippen molar-refractivity contribution in [2.24, 2.45) is 4.99 Å². The Bertz CT molecular complexity index is 603. The van der Waals surface area contributed by atoms with Crippen LogP contribution < -0.4 is 0 Å². The molecule has 0 fully saturated rings. The van der Waals surface area contributed by atoms with Gasteiger partial charge in [0.05, 0.1) is 11.0 Å². The first-order chi connectivity index (χ1) is 9.27. The van der Waals surface area contributed by atoms with E-state index in [2.05, 4.69) is 16.6 Å². The average molecular weight is 255 g/mol. The van der Waals surface area contributed by atoms with Gasteiger partial charge in [-0.3, -0.25) is 4.57 Å². The summed E-state index contributed by atoms with van der Waals surface area (Å²) in [5, 5.41) is 0. The van der Waals surface area contributed by atoms with Gasteiger partial charge >= 0.3 is 0 Å². The topological polar surface area (TPSA) is 30.2 Å². The normalized spacial score (nSPS) is 12.0. The van der Waals surface area contributed by atoms with Crippen LogP contribution in [0.1, 0.15) is 27.7 Å². The van der Waals surface area contributed by atoms with Gasteiger partial charge in [-0.25, -0.2) is 9.98 Å². The molecular formula is C16H21N3. The molecule has 0 aliphatic heterocycles. The molecule has 0 atom stereocenters. The molecule has 100 valence electrons. The van der Waals surface area contributed by atoms with Crippen LogP contribution >= 0.6 is 0 Å². The standard InChI is InChI=1S/C14H15N3.C2H6/c1-4-11(3)14(15-5-2)17-10-16-12-8-6-7-9-13(12)17;1-2/h4-10H,1H2,2-3H3;1-2H3/b14-11+,15-5-;. The van der Waals surface area contributed by atoms with Gasteiger partial charge in [0.1, 0.15) is 12.1 Å². The van der Waals surface area contributed by atoms with E-state index in [0.29, 0.717) is 0 Å². The van der Waals surface area contributed by atoms with Crippen LogP contribution in [-0.2, 0) is 0 Å². The first kappa shape index (κ1) is 14.9. The Kier molecular flexibility index (Phi) is 5.73. The summed E-state index contributed by atoms with van der Waals surface area (Å²) in [7, 11) is 0. The van der Waals surface area contributed by atoms with E-state index in [0.717, 1.165) is 22.4 Å². The molecule has 1 aromatic heterocycles. The highest BCUT2D eigenvalue weighted by Crippen LogP contribution is 2.20. The Morgan fingerprint density at radius 2 is 2.00 bits per heavy atom. The summed E-state index contributed by atoms with van der Waals surface area (Å²) in [5.74, 6) is 0.858. The molecule has 19 heavy (non-hydrogen) atoms. The van der Waals surface area contributed by atoms with Crippen molar-refractivity contribution < 1.29 is 0 Å². The molecule has 0 bridgehead atoms. The van der Waals surface area contributed by atoms with Crippen LogP contribution in [0.3, 0.4) is 0 Å². The largest absolute Gasteiger partial charge is 0.283 e. The summed E-state index contributed by atoms with van der Waals surface area (Å²) in [6.07, 6.45) is 5.37. The molecule has 3 nitrogen and oxygen atoms in total. The van der Waals surface area contributed by atoms with Gasteiger partial charge in [-0.1, -0.05) is 38.6 Å². The molecule has 0 saturated heterocycles. The molecule has 0 amide bonds. The Labute approximate surface area is 115 Å². The van der Waals surface area contributed by atoms with E-state index < -0.39 is 0 Å². The lowest BCUT2D eigenvalue weighted by molar-refractivity contribution is 1.08. The molecule has 0 aliphatic rings. The minimum Gasteiger partial charge on any atom is -0.283 e. The lowest BCUT2D eigenvalue weighted by Crippen LogP contribution is -1.95. The van der Waals surface area contributed by atoms with Crippen LogP contribution in [0.15, 0.2) is 53.8 Å². The molecule has 0 radical (unpaired) electrons. The van der Waals surface area contributed by atoms with Crippen LogP contribution in [0.25, 0.3) is 16.9 Å². The van der Waals surface area contributed by atoms with E-state index >= 15 is 0 Å². The third kappa shape index (κ3) is 3.19. The summed E-state index contributed by atoms with van der Waals surface area (Å²) in [4.78, 5) is 8.75. The second-order valence-electron chi connectivity index (χ2n) is 3.70. The number of aromatic nitrogens is 2. The molecule has 2 aromatic rings. The fourth-order valence-electron chi connectivity index (χ4n) is 1.70. The second-order valence-corrected chi connectivity index (χ2v) is 3.70. The van der Waals surface area contributed by atoms with E-state index in [1.54, 1.807) is 18.6 Å². The molecule has 0 aliphatic carbocycles. The molecule has 0 unspecified atom stereocenters. The van der Waals surface area contributed by atoms with Crippen molar-refractivity contribution in [2.45, 2.75) is 27.7 Å². The van der Waals surface area contributed by atoms with Crippen molar-refractivity contribution in [2.75, 3.05) is 0 Å². The van der Waals surface area contributed by atoms with Crippen molar-refractivity contribution in [3.05, 3.63) is 48.8 Å². The predicted octanol–water partition coefficient (Wildman–Crippen LogP) is 4.53. The highest BCUT2D eigenvalue weighted by Gasteiger charge is 2.06. The molecule has 0 spiro atoms. The van der Waals surface area contributed by atoms with Crippen LogP contribution in [0.5, 0.6) is 0 Å². The minimum atomic E-state index is 0.858. The van der Waals surface area contributed by atoms with E-state index in [-0.39, 0.29) is 0 Å². The first-order valence-corrected chi connectivity index (χ1v) is 6.52. The number of rotatable bonds is 3. The zero-order valence-electron chi connectivity index (χ0n) is 12.1. The van der Waals surface area contributed by atoms with Crippen molar-refractivity contribution in [1.82, 2.24) is 9.55 Å². The van der Waals surface area contributed by atoms with Crippen LogP contribution in [0.4, 0.5) is 0 Å². The molecule has 0 saturated carbocycles. The van der Waals surface area contributed by atoms with Crippen LogP contribution in [-0.4, -0.2) is 15.8 Å². The van der Waals surface area contributed by atoms with Gasteiger partial charge < -0.3 is 0 Å². The maximum atomic E-state index is 4.39. The van der Waals surface area contributed by atoms with Crippen molar-refractivity contribution in [3.8, 4) is 0 Å². The summed E-state index contributed by atoms with van der Waals surface area (Å²) in [6.45, 7) is 11.7. The van der Waals surface area contributed by atoms with Gasteiger partial charge in [0.15, 0.2) is 0 Å². The van der Waals surface area contributed by atoms with E-state index in [1.807, 2.05) is 56.5 Å². The summed E-state index contributed by atoms with van der Waals surface area (Å²) >= 11 is 0. The smallest absolute Gasteiger partial charge is 0.140 e. The summed E-state index contributed by atoms with van der Waals surface area (Å²) in [5.41, 5.74) is 3.04. The number of para-hydroxylation sites is 2. The number of aliphatic imine (C=N–C) groups is 1. The van der Waals surface area contributed by atoms with Gasteiger partial charge in [-0.15, -0.1) is 0 Å². The highest BCUT2D eigenvalue weighted by atomic mass is 15.1. The number of nitrogens with zero attached hydrogens (tertiary/aromatic N) is 3. The quantitative estimate of drug-likeness (QED) is 0.585. The van der Waals surface area contributed by atoms with E-state index in [9.17, 15) is 0 Å². The maximum absolute atomic E-state index is 4.39. The molecule has 1 aromatic carbocycles. The third-order valence-electron chi connectivity index (χ3n) is 2.59. The Hall–Kier alpha value is -2.16. The number of imidazole rings is 1. The SMILES string of the molecule is C=C/C(C)=C(\N=C/C)n1cnc2ccccc21.CC. The number of benzene rings is 1. The zero-order chi connectivity index (χ0) is 14.3. The molecule has 3 heteroatoms. The number of hydrogen-bond donors (Lipinski definition) is 0. The van der Waals surface area contributed by atoms with Gasteiger partial charge in [-0.2, -0.15) is 0 Å². The number of allylic oxidation sites excluding steroid dienone is 2. The van der Waals surface area contributed by atoms with Crippen molar-refractivity contribution in [3.63, 3.8) is 0 Å². The second kappa shape index (κ2) is 7.31. The van der Waals surface area contributed by atoms with Gasteiger partial charge in [-0.05, 0) is 31.6 Å². The zero-order valence-corrected chi connectivity index (χ0v) is 12.1.